The molecule has 3 nitrogen and oxygen atoms in total. The number of likely N-dealkylation sites (N-methyl/N-ethyl adjacent to an activating group) is 1. The summed E-state index contributed by atoms with van der Waals surface area (Å²) >= 11 is 0. The van der Waals surface area contributed by atoms with E-state index in [9.17, 15) is 4.79 Å². The second-order valence-corrected chi connectivity index (χ2v) is 5.49. The summed E-state index contributed by atoms with van der Waals surface area (Å²) in [5, 5.41) is 0. The van der Waals surface area contributed by atoms with Gasteiger partial charge in [0.25, 0.3) is 0 Å². The third kappa shape index (κ3) is 3.57. The van der Waals surface area contributed by atoms with Crippen molar-refractivity contribution < 1.29 is 4.79 Å². The van der Waals surface area contributed by atoms with Gasteiger partial charge in [0.15, 0.2) is 0 Å². The summed E-state index contributed by atoms with van der Waals surface area (Å²) in [5.41, 5.74) is 7.73. The normalized spacial score (nSPS) is 11.4. The van der Waals surface area contributed by atoms with E-state index < -0.39 is 5.41 Å². The first kappa shape index (κ1) is 14.7. The summed E-state index contributed by atoms with van der Waals surface area (Å²) in [6.45, 7) is 6.98. The number of rotatable bonds is 5. The van der Waals surface area contributed by atoms with Crippen LogP contribution in [0.4, 0.5) is 0 Å². The number of carbonyl (C=O) groups is 1. The van der Waals surface area contributed by atoms with Gasteiger partial charge in [0.05, 0.1) is 5.41 Å². The molecule has 0 radical (unpaired) electrons. The molecule has 0 spiro atoms. The molecule has 0 atom stereocenters. The summed E-state index contributed by atoms with van der Waals surface area (Å²) in [7, 11) is 1.85. The second-order valence-electron chi connectivity index (χ2n) is 5.49. The molecule has 1 aromatic rings. The fourth-order valence-corrected chi connectivity index (χ4v) is 1.88. The van der Waals surface area contributed by atoms with Crippen LogP contribution in [0.5, 0.6) is 0 Å². The maximum atomic E-state index is 12.1. The average Bonchev–Trinajstić information content (AvgIpc) is 2.36. The fraction of sp³-hybridized carbons (Fsp3) is 0.533. The van der Waals surface area contributed by atoms with E-state index in [4.69, 9.17) is 5.73 Å². The molecule has 3 heteroatoms. The summed E-state index contributed by atoms with van der Waals surface area (Å²) in [6.07, 6.45) is 0.884. The summed E-state index contributed by atoms with van der Waals surface area (Å²) in [5.74, 6) is 0.110. The number of nitrogens with zero attached hydrogens (tertiary/aromatic N) is 1. The van der Waals surface area contributed by atoms with Crippen molar-refractivity contribution in [3.8, 4) is 0 Å². The molecule has 0 fully saturated rings. The third-order valence-electron chi connectivity index (χ3n) is 3.41. The van der Waals surface area contributed by atoms with Crippen LogP contribution in [0.3, 0.4) is 0 Å². The molecule has 0 saturated carbocycles. The minimum atomic E-state index is -0.472. The maximum absolute atomic E-state index is 12.1. The van der Waals surface area contributed by atoms with Gasteiger partial charge in [0, 0.05) is 20.1 Å². The number of carbonyl (C=O) groups excluding carboxylic acids is 1. The van der Waals surface area contributed by atoms with Gasteiger partial charge < -0.3 is 10.6 Å². The number of nitrogens with two attached hydrogens (primary N) is 1. The highest BCUT2D eigenvalue weighted by Gasteiger charge is 2.28. The first-order valence-electron chi connectivity index (χ1n) is 6.38. The van der Waals surface area contributed by atoms with E-state index in [0.29, 0.717) is 6.54 Å². The maximum Gasteiger partial charge on any atom is 0.229 e. The summed E-state index contributed by atoms with van der Waals surface area (Å²) < 4.78 is 0. The lowest BCUT2D eigenvalue weighted by Crippen LogP contribution is -2.43. The Kier molecular flexibility index (Phi) is 4.91. The van der Waals surface area contributed by atoms with Crippen molar-refractivity contribution in [1.82, 2.24) is 4.90 Å². The molecule has 1 aromatic carbocycles. The van der Waals surface area contributed by atoms with Crippen LogP contribution in [0.1, 0.15) is 25.0 Å². The van der Waals surface area contributed by atoms with E-state index in [1.807, 2.05) is 33.0 Å². The fourth-order valence-electron chi connectivity index (χ4n) is 1.88. The average molecular weight is 248 g/mol. The van der Waals surface area contributed by atoms with Crippen molar-refractivity contribution in [2.24, 2.45) is 11.1 Å². The summed E-state index contributed by atoms with van der Waals surface area (Å²) in [6, 6.07) is 8.28. The lowest BCUT2D eigenvalue weighted by Gasteiger charge is -2.28. The van der Waals surface area contributed by atoms with Crippen LogP contribution in [-0.4, -0.2) is 30.9 Å². The second kappa shape index (κ2) is 6.01. The van der Waals surface area contributed by atoms with E-state index in [1.54, 1.807) is 4.90 Å². The van der Waals surface area contributed by atoms with Gasteiger partial charge in [-0.25, -0.2) is 0 Å². The Balaban J connectivity index is 2.59. The zero-order valence-corrected chi connectivity index (χ0v) is 11.9. The van der Waals surface area contributed by atoms with Crippen molar-refractivity contribution in [3.05, 3.63) is 35.4 Å². The number of benzene rings is 1. The van der Waals surface area contributed by atoms with E-state index >= 15 is 0 Å². The van der Waals surface area contributed by atoms with Gasteiger partial charge in [0.1, 0.15) is 0 Å². The smallest absolute Gasteiger partial charge is 0.229 e. The molecule has 18 heavy (non-hydrogen) atoms. The van der Waals surface area contributed by atoms with Crippen LogP contribution < -0.4 is 5.73 Å². The Morgan fingerprint density at radius 2 is 1.94 bits per heavy atom. The first-order chi connectivity index (χ1) is 8.38. The SMILES string of the molecule is Cc1ccccc1CCN(C)C(=O)C(C)(C)CN. The Morgan fingerprint density at radius 1 is 1.33 bits per heavy atom. The van der Waals surface area contributed by atoms with Crippen LogP contribution in [-0.2, 0) is 11.2 Å². The predicted molar refractivity (Wildman–Crippen MR) is 75.4 cm³/mol. The lowest BCUT2D eigenvalue weighted by molar-refractivity contribution is -0.138. The van der Waals surface area contributed by atoms with E-state index in [2.05, 4.69) is 19.1 Å². The van der Waals surface area contributed by atoms with E-state index in [-0.39, 0.29) is 5.91 Å². The molecule has 1 rings (SSSR count). The standard InChI is InChI=1S/C15H24N2O/c1-12-7-5-6-8-13(12)9-10-17(4)14(18)15(2,3)11-16/h5-8H,9-11,16H2,1-4H3. The number of hydrogen-bond acceptors (Lipinski definition) is 2. The number of aryl methyl sites for hydroxylation is 1. The topological polar surface area (TPSA) is 46.3 Å². The van der Waals surface area contributed by atoms with Gasteiger partial charge in [-0.2, -0.15) is 0 Å². The molecule has 0 aliphatic carbocycles. The highest BCUT2D eigenvalue weighted by Crippen LogP contribution is 2.16. The molecule has 0 heterocycles. The van der Waals surface area contributed by atoms with Gasteiger partial charge in [-0.15, -0.1) is 0 Å². The molecule has 0 saturated heterocycles. The van der Waals surface area contributed by atoms with Gasteiger partial charge in [0.2, 0.25) is 5.91 Å². The monoisotopic (exact) mass is 248 g/mol. The van der Waals surface area contributed by atoms with Crippen LogP contribution >= 0.6 is 0 Å². The van der Waals surface area contributed by atoms with Crippen LogP contribution in [0, 0.1) is 12.3 Å². The van der Waals surface area contributed by atoms with Gasteiger partial charge >= 0.3 is 0 Å². The Labute approximate surface area is 110 Å². The Morgan fingerprint density at radius 3 is 2.50 bits per heavy atom. The molecular formula is C15H24N2O. The van der Waals surface area contributed by atoms with Crippen LogP contribution in [0.2, 0.25) is 0 Å². The van der Waals surface area contributed by atoms with Crippen LogP contribution in [0.25, 0.3) is 0 Å². The zero-order valence-electron chi connectivity index (χ0n) is 11.9. The Hall–Kier alpha value is -1.35. The highest BCUT2D eigenvalue weighted by atomic mass is 16.2. The molecule has 0 aliphatic rings. The predicted octanol–water partition coefficient (Wildman–Crippen LogP) is 1.98. The highest BCUT2D eigenvalue weighted by molar-refractivity contribution is 5.81. The first-order valence-corrected chi connectivity index (χ1v) is 6.38. The van der Waals surface area contributed by atoms with Gasteiger partial charge in [-0.3, -0.25) is 4.79 Å². The van der Waals surface area contributed by atoms with Crippen molar-refractivity contribution >= 4 is 5.91 Å². The molecule has 0 aromatic heterocycles. The van der Waals surface area contributed by atoms with Gasteiger partial charge in [-0.1, -0.05) is 24.3 Å². The number of hydrogen-bond donors (Lipinski definition) is 1. The van der Waals surface area contributed by atoms with Crippen LogP contribution in [0.15, 0.2) is 24.3 Å². The minimum Gasteiger partial charge on any atom is -0.345 e. The van der Waals surface area contributed by atoms with Crippen molar-refractivity contribution in [1.29, 1.82) is 0 Å². The van der Waals surface area contributed by atoms with Crippen molar-refractivity contribution in [2.75, 3.05) is 20.1 Å². The van der Waals surface area contributed by atoms with Crippen molar-refractivity contribution in [3.63, 3.8) is 0 Å². The molecule has 0 bridgehead atoms. The van der Waals surface area contributed by atoms with Gasteiger partial charge in [-0.05, 0) is 38.3 Å². The molecule has 0 aliphatic heterocycles. The Bertz CT molecular complexity index is 413. The molecule has 2 N–H and O–H groups in total. The van der Waals surface area contributed by atoms with E-state index in [0.717, 1.165) is 13.0 Å². The van der Waals surface area contributed by atoms with Crippen molar-refractivity contribution in [2.45, 2.75) is 27.2 Å². The largest absolute Gasteiger partial charge is 0.345 e. The minimum absolute atomic E-state index is 0.110. The molecular weight excluding hydrogens is 224 g/mol. The third-order valence-corrected chi connectivity index (χ3v) is 3.41. The lowest BCUT2D eigenvalue weighted by atomic mass is 9.92. The zero-order chi connectivity index (χ0) is 13.8. The summed E-state index contributed by atoms with van der Waals surface area (Å²) in [4.78, 5) is 13.9. The quantitative estimate of drug-likeness (QED) is 0.866. The molecule has 1 amide bonds. The number of amides is 1. The molecule has 100 valence electrons. The molecule has 0 unspecified atom stereocenters. The van der Waals surface area contributed by atoms with E-state index in [1.165, 1.54) is 11.1 Å².